The molecular weight excluding hydrogens is 530 g/mol. The molecule has 4 aromatic carbocycles. The van der Waals surface area contributed by atoms with E-state index in [4.69, 9.17) is 25.8 Å². The highest BCUT2D eigenvalue weighted by Crippen LogP contribution is 2.26. The molecule has 0 saturated heterocycles. The van der Waals surface area contributed by atoms with Crippen LogP contribution in [0.15, 0.2) is 97.1 Å². The number of halogens is 1. The zero-order valence-electron chi connectivity index (χ0n) is 22.2. The van der Waals surface area contributed by atoms with E-state index in [1.807, 2.05) is 42.5 Å². The van der Waals surface area contributed by atoms with Gasteiger partial charge in [0.05, 0.1) is 19.8 Å². The van der Waals surface area contributed by atoms with Crippen molar-refractivity contribution in [1.29, 1.82) is 0 Å². The number of nitrogens with one attached hydrogen (secondary N) is 2. The van der Waals surface area contributed by atoms with Gasteiger partial charge in [0.15, 0.2) is 0 Å². The Morgan fingerprint density at radius 3 is 2.23 bits per heavy atom. The lowest BCUT2D eigenvalue weighted by molar-refractivity contribution is 0.0950. The van der Waals surface area contributed by atoms with Crippen LogP contribution in [0.25, 0.3) is 0 Å². The number of hydrogen-bond acceptors (Lipinski definition) is 5. The van der Waals surface area contributed by atoms with Crippen molar-refractivity contribution in [1.82, 2.24) is 5.32 Å². The van der Waals surface area contributed by atoms with Gasteiger partial charge in [-0.25, -0.2) is 4.79 Å². The van der Waals surface area contributed by atoms with Crippen molar-refractivity contribution < 1.29 is 23.8 Å². The number of methoxy groups -OCH3 is 2. The third-order valence-electron chi connectivity index (χ3n) is 5.95. The van der Waals surface area contributed by atoms with Gasteiger partial charge in [-0.3, -0.25) is 9.69 Å². The van der Waals surface area contributed by atoms with E-state index in [2.05, 4.69) is 10.6 Å². The van der Waals surface area contributed by atoms with Crippen LogP contribution in [0, 0.1) is 0 Å². The molecule has 8 nitrogen and oxygen atoms in total. The van der Waals surface area contributed by atoms with E-state index in [9.17, 15) is 9.59 Å². The van der Waals surface area contributed by atoms with Gasteiger partial charge in [0.1, 0.15) is 23.0 Å². The molecule has 0 aliphatic carbocycles. The number of rotatable bonds is 11. The number of nitrogens with zero attached hydrogens (tertiary/aromatic N) is 1. The van der Waals surface area contributed by atoms with Gasteiger partial charge in [-0.2, -0.15) is 0 Å². The van der Waals surface area contributed by atoms with Crippen molar-refractivity contribution in [3.05, 3.63) is 108 Å². The maximum Gasteiger partial charge on any atom is 0.326 e. The topological polar surface area (TPSA) is 89.1 Å². The first-order valence-corrected chi connectivity index (χ1v) is 13.0. The lowest BCUT2D eigenvalue weighted by Gasteiger charge is -2.24. The number of carbonyl (C=O) groups excluding carboxylic acids is 2. The fourth-order valence-electron chi connectivity index (χ4n) is 3.94. The van der Waals surface area contributed by atoms with E-state index in [1.54, 1.807) is 66.6 Å². The van der Waals surface area contributed by atoms with Crippen LogP contribution in [0.4, 0.5) is 16.2 Å². The first-order valence-electron chi connectivity index (χ1n) is 12.6. The maximum absolute atomic E-state index is 13.3. The summed E-state index contributed by atoms with van der Waals surface area (Å²) in [4.78, 5) is 27.7. The molecular formula is C31H30ClN3O5. The van der Waals surface area contributed by atoms with Crippen molar-refractivity contribution in [3.8, 4) is 23.0 Å². The molecule has 0 radical (unpaired) electrons. The number of amides is 3. The summed E-state index contributed by atoms with van der Waals surface area (Å²) in [5.41, 5.74) is 1.64. The van der Waals surface area contributed by atoms with Gasteiger partial charge >= 0.3 is 6.03 Å². The summed E-state index contributed by atoms with van der Waals surface area (Å²) in [6.45, 7) is 0.676. The number of anilines is 2. The van der Waals surface area contributed by atoms with Gasteiger partial charge in [-0.15, -0.1) is 0 Å². The number of ether oxygens (including phenoxy) is 3. The minimum absolute atomic E-state index is 0.281. The minimum Gasteiger partial charge on any atom is -0.497 e. The van der Waals surface area contributed by atoms with Gasteiger partial charge in [0.25, 0.3) is 5.91 Å². The predicted molar refractivity (Wildman–Crippen MR) is 157 cm³/mol. The summed E-state index contributed by atoms with van der Waals surface area (Å²) in [5.74, 6) is 2.09. The Morgan fingerprint density at radius 1 is 0.800 bits per heavy atom. The molecule has 0 fully saturated rings. The Morgan fingerprint density at radius 2 is 1.52 bits per heavy atom. The molecule has 40 heavy (non-hydrogen) atoms. The Balaban J connectivity index is 1.43. The molecule has 0 spiro atoms. The van der Waals surface area contributed by atoms with E-state index < -0.39 is 0 Å². The lowest BCUT2D eigenvalue weighted by atomic mass is 10.1. The first kappa shape index (κ1) is 28.3. The van der Waals surface area contributed by atoms with Gasteiger partial charge in [0, 0.05) is 35.6 Å². The molecule has 0 aliphatic heterocycles. The molecule has 0 heterocycles. The summed E-state index contributed by atoms with van der Waals surface area (Å²) in [7, 11) is 3.05. The van der Waals surface area contributed by atoms with Crippen LogP contribution in [0.2, 0.25) is 5.02 Å². The van der Waals surface area contributed by atoms with Crippen LogP contribution in [0.3, 0.4) is 0 Å². The Bertz CT molecular complexity index is 1430. The standard InChI is InChI=1S/C31H30ClN3O5/c1-38-27-16-17-28(29(21-27)39-2)30(36)33-18-7-19-35(31(37)34-23-9-6-8-22(32)20-23)24-12-14-26(15-13-24)40-25-10-4-3-5-11-25/h3-6,8-17,20-21H,7,18-19H2,1-2H3,(H,33,36)(H,34,37). The van der Waals surface area contributed by atoms with Crippen molar-refractivity contribution >= 4 is 34.9 Å². The fourth-order valence-corrected chi connectivity index (χ4v) is 4.13. The van der Waals surface area contributed by atoms with Gasteiger partial charge < -0.3 is 24.8 Å². The fraction of sp³-hybridized carbons (Fsp3) is 0.161. The number of para-hydroxylation sites is 1. The molecule has 206 valence electrons. The zero-order chi connectivity index (χ0) is 28.3. The first-order chi connectivity index (χ1) is 19.5. The van der Waals surface area contributed by atoms with E-state index in [0.717, 1.165) is 5.75 Å². The Labute approximate surface area is 238 Å². The zero-order valence-corrected chi connectivity index (χ0v) is 23.0. The average molecular weight is 560 g/mol. The van der Waals surface area contributed by atoms with E-state index in [1.165, 1.54) is 7.11 Å². The van der Waals surface area contributed by atoms with Crippen LogP contribution >= 0.6 is 11.6 Å². The lowest BCUT2D eigenvalue weighted by Crippen LogP contribution is -2.37. The van der Waals surface area contributed by atoms with Crippen LogP contribution in [-0.2, 0) is 0 Å². The summed E-state index contributed by atoms with van der Waals surface area (Å²) in [6, 6.07) is 28.3. The van der Waals surface area contributed by atoms with Crippen LogP contribution in [-0.4, -0.2) is 39.2 Å². The smallest absolute Gasteiger partial charge is 0.326 e. The van der Waals surface area contributed by atoms with Crippen LogP contribution in [0.5, 0.6) is 23.0 Å². The van der Waals surface area contributed by atoms with Crippen molar-refractivity contribution in [3.63, 3.8) is 0 Å². The molecule has 0 aromatic heterocycles. The van der Waals surface area contributed by atoms with E-state index in [-0.39, 0.29) is 11.9 Å². The van der Waals surface area contributed by atoms with Crippen LogP contribution < -0.4 is 29.7 Å². The van der Waals surface area contributed by atoms with Crippen molar-refractivity contribution in [2.45, 2.75) is 6.42 Å². The summed E-state index contributed by atoms with van der Waals surface area (Å²) < 4.78 is 16.4. The van der Waals surface area contributed by atoms with Gasteiger partial charge in [0.2, 0.25) is 0 Å². The summed E-state index contributed by atoms with van der Waals surface area (Å²) in [5, 5.41) is 6.30. The second kappa shape index (κ2) is 13.9. The number of carbonyl (C=O) groups is 2. The number of benzene rings is 4. The number of urea groups is 1. The van der Waals surface area contributed by atoms with E-state index in [0.29, 0.717) is 58.7 Å². The minimum atomic E-state index is -0.331. The van der Waals surface area contributed by atoms with Crippen molar-refractivity contribution in [2.75, 3.05) is 37.5 Å². The molecule has 0 atom stereocenters. The third-order valence-corrected chi connectivity index (χ3v) is 6.18. The van der Waals surface area contributed by atoms with Crippen molar-refractivity contribution in [2.24, 2.45) is 0 Å². The second-order valence-electron chi connectivity index (χ2n) is 8.68. The predicted octanol–water partition coefficient (Wildman–Crippen LogP) is 7.01. The highest BCUT2D eigenvalue weighted by molar-refractivity contribution is 6.30. The monoisotopic (exact) mass is 559 g/mol. The third kappa shape index (κ3) is 7.68. The maximum atomic E-state index is 13.3. The normalized spacial score (nSPS) is 10.4. The highest BCUT2D eigenvalue weighted by atomic mass is 35.5. The molecule has 0 bridgehead atoms. The summed E-state index contributed by atoms with van der Waals surface area (Å²) >= 11 is 6.09. The second-order valence-corrected chi connectivity index (χ2v) is 9.11. The Kier molecular flexibility index (Phi) is 9.85. The SMILES string of the molecule is COc1ccc(C(=O)NCCCN(C(=O)Nc2cccc(Cl)c2)c2ccc(Oc3ccccc3)cc2)c(OC)c1. The highest BCUT2D eigenvalue weighted by Gasteiger charge is 2.18. The Hall–Kier alpha value is -4.69. The van der Waals surface area contributed by atoms with Crippen LogP contribution in [0.1, 0.15) is 16.8 Å². The molecule has 0 unspecified atom stereocenters. The van der Waals surface area contributed by atoms with E-state index >= 15 is 0 Å². The molecule has 2 N–H and O–H groups in total. The molecule has 0 aliphatic rings. The van der Waals surface area contributed by atoms with Gasteiger partial charge in [-0.1, -0.05) is 35.9 Å². The molecule has 4 aromatic rings. The summed E-state index contributed by atoms with van der Waals surface area (Å²) in [6.07, 6.45) is 0.495. The molecule has 9 heteroatoms. The molecule has 3 amide bonds. The quantitative estimate of drug-likeness (QED) is 0.193. The molecule has 0 saturated carbocycles. The number of hydrogen-bond donors (Lipinski definition) is 2. The molecule has 4 rings (SSSR count). The largest absolute Gasteiger partial charge is 0.497 e. The van der Waals surface area contributed by atoms with Gasteiger partial charge in [-0.05, 0) is 73.2 Å². The average Bonchev–Trinajstić information content (AvgIpc) is 2.97.